The van der Waals surface area contributed by atoms with Gasteiger partial charge in [0.1, 0.15) is 5.75 Å². The number of ether oxygens (including phenoxy) is 1. The van der Waals surface area contributed by atoms with Crippen molar-refractivity contribution < 1.29 is 4.74 Å². The molecule has 1 aromatic carbocycles. The number of likely N-dealkylation sites (N-methyl/N-ethyl adjacent to an activating group) is 1. The maximum atomic E-state index is 5.47. The normalized spacial score (nSPS) is 23.3. The van der Waals surface area contributed by atoms with Crippen LogP contribution in [-0.4, -0.2) is 36.7 Å². The summed E-state index contributed by atoms with van der Waals surface area (Å²) in [6, 6.07) is 9.65. The standard InChI is InChI=1S/C14H18N2O/c1-15(2)11-9-12(11)16-8-7-10-5-4-6-13(17-3)14(10)16/h4-8,11-12H,9H2,1-3H3/t11?,12-/m0/s1. The molecule has 1 aliphatic rings. The van der Waals surface area contributed by atoms with Gasteiger partial charge in [-0.25, -0.2) is 0 Å². The average molecular weight is 230 g/mol. The Balaban J connectivity index is 2.06. The van der Waals surface area contributed by atoms with Crippen LogP contribution in [0.15, 0.2) is 30.5 Å². The van der Waals surface area contributed by atoms with Crippen molar-refractivity contribution in [3.8, 4) is 5.75 Å². The fourth-order valence-corrected chi connectivity index (χ4v) is 2.65. The van der Waals surface area contributed by atoms with Gasteiger partial charge in [-0.1, -0.05) is 12.1 Å². The van der Waals surface area contributed by atoms with Crippen LogP contribution in [-0.2, 0) is 0 Å². The molecule has 17 heavy (non-hydrogen) atoms. The van der Waals surface area contributed by atoms with Gasteiger partial charge in [0.25, 0.3) is 0 Å². The Morgan fingerprint density at radius 1 is 1.29 bits per heavy atom. The Morgan fingerprint density at radius 3 is 2.76 bits per heavy atom. The molecule has 0 N–H and O–H groups in total. The van der Waals surface area contributed by atoms with Gasteiger partial charge in [0, 0.05) is 17.6 Å². The van der Waals surface area contributed by atoms with Crippen molar-refractivity contribution in [3.63, 3.8) is 0 Å². The molecule has 90 valence electrons. The molecule has 2 atom stereocenters. The van der Waals surface area contributed by atoms with Crippen LogP contribution in [0.4, 0.5) is 0 Å². The Bertz CT molecular complexity index is 544. The van der Waals surface area contributed by atoms with Crippen molar-refractivity contribution in [1.82, 2.24) is 9.47 Å². The van der Waals surface area contributed by atoms with Crippen LogP contribution < -0.4 is 4.74 Å². The maximum Gasteiger partial charge on any atom is 0.143 e. The van der Waals surface area contributed by atoms with E-state index in [-0.39, 0.29) is 0 Å². The predicted octanol–water partition coefficient (Wildman–Crippen LogP) is 2.52. The van der Waals surface area contributed by atoms with Gasteiger partial charge < -0.3 is 14.2 Å². The molecule has 1 heterocycles. The van der Waals surface area contributed by atoms with E-state index in [0.717, 1.165) is 5.75 Å². The number of para-hydroxylation sites is 1. The summed E-state index contributed by atoms with van der Waals surface area (Å²) in [5, 5.41) is 1.26. The van der Waals surface area contributed by atoms with Gasteiger partial charge >= 0.3 is 0 Å². The quantitative estimate of drug-likeness (QED) is 0.806. The molecular weight excluding hydrogens is 212 g/mol. The molecule has 1 aliphatic carbocycles. The van der Waals surface area contributed by atoms with Crippen LogP contribution >= 0.6 is 0 Å². The molecule has 0 radical (unpaired) electrons. The molecule has 0 aliphatic heterocycles. The summed E-state index contributed by atoms with van der Waals surface area (Å²) in [7, 11) is 6.03. The minimum absolute atomic E-state index is 0.596. The lowest BCUT2D eigenvalue weighted by atomic mass is 10.2. The molecule has 1 fully saturated rings. The van der Waals surface area contributed by atoms with Crippen molar-refractivity contribution in [3.05, 3.63) is 30.5 Å². The van der Waals surface area contributed by atoms with Crippen LogP contribution in [0.2, 0.25) is 0 Å². The molecule has 1 aromatic heterocycles. The number of hydrogen-bond acceptors (Lipinski definition) is 2. The zero-order valence-electron chi connectivity index (χ0n) is 10.6. The maximum absolute atomic E-state index is 5.47. The molecule has 3 rings (SSSR count). The fourth-order valence-electron chi connectivity index (χ4n) is 2.65. The van der Waals surface area contributed by atoms with E-state index in [2.05, 4.69) is 41.9 Å². The van der Waals surface area contributed by atoms with Crippen molar-refractivity contribution >= 4 is 10.9 Å². The molecule has 3 heteroatoms. The van der Waals surface area contributed by atoms with Crippen LogP contribution in [0, 0.1) is 0 Å². The first-order valence-electron chi connectivity index (χ1n) is 6.02. The highest BCUT2D eigenvalue weighted by molar-refractivity contribution is 5.86. The zero-order valence-corrected chi connectivity index (χ0v) is 10.6. The van der Waals surface area contributed by atoms with Gasteiger partial charge in [0.05, 0.1) is 18.7 Å². The molecular formula is C14H18N2O. The first-order chi connectivity index (χ1) is 8.22. The van der Waals surface area contributed by atoms with Gasteiger partial charge in [-0.05, 0) is 32.6 Å². The number of fused-ring (bicyclic) bond motifs is 1. The number of hydrogen-bond donors (Lipinski definition) is 0. The van der Waals surface area contributed by atoms with Crippen molar-refractivity contribution in [1.29, 1.82) is 0 Å². The lowest BCUT2D eigenvalue weighted by molar-refractivity contribution is 0.376. The molecule has 3 nitrogen and oxygen atoms in total. The van der Waals surface area contributed by atoms with E-state index in [4.69, 9.17) is 4.74 Å². The van der Waals surface area contributed by atoms with Crippen LogP contribution in [0.1, 0.15) is 12.5 Å². The third-order valence-electron chi connectivity index (χ3n) is 3.67. The average Bonchev–Trinajstić information content (AvgIpc) is 3.01. The second kappa shape index (κ2) is 3.77. The van der Waals surface area contributed by atoms with Gasteiger partial charge in [0.15, 0.2) is 0 Å². The fraction of sp³-hybridized carbons (Fsp3) is 0.429. The number of rotatable bonds is 3. The van der Waals surface area contributed by atoms with Gasteiger partial charge in [0.2, 0.25) is 0 Å². The van der Waals surface area contributed by atoms with Gasteiger partial charge in [-0.15, -0.1) is 0 Å². The summed E-state index contributed by atoms with van der Waals surface area (Å²) in [5.41, 5.74) is 1.23. The van der Waals surface area contributed by atoms with Crippen LogP contribution in [0.5, 0.6) is 5.75 Å². The number of aromatic nitrogens is 1. The smallest absolute Gasteiger partial charge is 0.143 e. The lowest BCUT2D eigenvalue weighted by Gasteiger charge is -2.12. The number of benzene rings is 1. The first kappa shape index (κ1) is 10.7. The minimum atomic E-state index is 0.596. The highest BCUT2D eigenvalue weighted by atomic mass is 16.5. The highest BCUT2D eigenvalue weighted by Gasteiger charge is 2.40. The Kier molecular flexibility index (Phi) is 2.37. The summed E-state index contributed by atoms with van der Waals surface area (Å²) >= 11 is 0. The van der Waals surface area contributed by atoms with E-state index in [1.807, 2.05) is 12.1 Å². The summed E-state index contributed by atoms with van der Waals surface area (Å²) in [5.74, 6) is 0.969. The highest BCUT2D eigenvalue weighted by Crippen LogP contribution is 2.43. The lowest BCUT2D eigenvalue weighted by Crippen LogP contribution is -2.17. The molecule has 0 bridgehead atoms. The van der Waals surface area contributed by atoms with E-state index < -0.39 is 0 Å². The van der Waals surface area contributed by atoms with E-state index in [9.17, 15) is 0 Å². The molecule has 0 spiro atoms. The summed E-state index contributed by atoms with van der Waals surface area (Å²) in [6.45, 7) is 0. The summed E-state index contributed by atoms with van der Waals surface area (Å²) < 4.78 is 7.83. The van der Waals surface area contributed by atoms with E-state index >= 15 is 0 Å². The number of nitrogens with zero attached hydrogens (tertiary/aromatic N) is 2. The van der Waals surface area contributed by atoms with Gasteiger partial charge in [-0.3, -0.25) is 0 Å². The Morgan fingerprint density at radius 2 is 2.12 bits per heavy atom. The van der Waals surface area contributed by atoms with Crippen LogP contribution in [0.25, 0.3) is 10.9 Å². The first-order valence-corrected chi connectivity index (χ1v) is 6.02. The topological polar surface area (TPSA) is 17.4 Å². The van der Waals surface area contributed by atoms with E-state index in [1.165, 1.54) is 17.3 Å². The Hall–Kier alpha value is -1.48. The van der Waals surface area contributed by atoms with Crippen molar-refractivity contribution in [2.24, 2.45) is 0 Å². The third kappa shape index (κ3) is 1.62. The molecule has 2 aromatic rings. The monoisotopic (exact) mass is 230 g/mol. The summed E-state index contributed by atoms with van der Waals surface area (Å²) in [4.78, 5) is 2.30. The molecule has 0 amide bonds. The SMILES string of the molecule is COc1cccc2ccn([C@H]3CC3N(C)C)c12. The van der Waals surface area contributed by atoms with Crippen LogP contribution in [0.3, 0.4) is 0 Å². The summed E-state index contributed by atoms with van der Waals surface area (Å²) in [6.07, 6.45) is 3.41. The molecule has 0 saturated heterocycles. The van der Waals surface area contributed by atoms with E-state index in [0.29, 0.717) is 12.1 Å². The zero-order chi connectivity index (χ0) is 12.0. The predicted molar refractivity (Wildman–Crippen MR) is 69.6 cm³/mol. The molecule has 1 unspecified atom stereocenters. The number of methoxy groups -OCH3 is 1. The van der Waals surface area contributed by atoms with E-state index in [1.54, 1.807) is 7.11 Å². The largest absolute Gasteiger partial charge is 0.495 e. The van der Waals surface area contributed by atoms with Gasteiger partial charge in [-0.2, -0.15) is 0 Å². The Labute approximate surface area is 102 Å². The second-order valence-electron chi connectivity index (χ2n) is 4.96. The minimum Gasteiger partial charge on any atom is -0.495 e. The third-order valence-corrected chi connectivity index (χ3v) is 3.67. The van der Waals surface area contributed by atoms with Crippen molar-refractivity contribution in [2.75, 3.05) is 21.2 Å². The molecule has 1 saturated carbocycles. The second-order valence-corrected chi connectivity index (χ2v) is 4.96. The van der Waals surface area contributed by atoms with Crippen molar-refractivity contribution in [2.45, 2.75) is 18.5 Å².